The monoisotopic (exact) mass is 734 g/mol. The summed E-state index contributed by atoms with van der Waals surface area (Å²) in [6.45, 7) is 0. The highest BCUT2D eigenvalue weighted by Crippen LogP contribution is 2.52. The van der Waals surface area contributed by atoms with Gasteiger partial charge >= 0.3 is 0 Å². The Kier molecular flexibility index (Phi) is 7.60. The van der Waals surface area contributed by atoms with Crippen molar-refractivity contribution >= 4 is 54.3 Å². The Labute approximate surface area is 326 Å². The van der Waals surface area contributed by atoms with Crippen LogP contribution in [0.15, 0.2) is 187 Å². The summed E-state index contributed by atoms with van der Waals surface area (Å²) in [5, 5.41) is 4.46. The van der Waals surface area contributed by atoms with Crippen LogP contribution in [-0.4, -0.2) is 19.9 Å². The zero-order valence-electron chi connectivity index (χ0n) is 29.9. The largest absolute Gasteiger partial charge is 0.455 e. The highest BCUT2D eigenvalue weighted by atomic mass is 32.1. The maximum Gasteiger partial charge on any atom is 0.143 e. The van der Waals surface area contributed by atoms with E-state index >= 15 is 0 Å². The Bertz CT molecular complexity index is 3170. The molecule has 0 bridgehead atoms. The van der Waals surface area contributed by atoms with Crippen LogP contribution in [0.4, 0.5) is 0 Å². The van der Waals surface area contributed by atoms with Crippen LogP contribution in [0.3, 0.4) is 0 Å². The number of hydrogen-bond acceptors (Lipinski definition) is 6. The maximum absolute atomic E-state index is 6.72. The van der Waals surface area contributed by atoms with Crippen molar-refractivity contribution in [2.24, 2.45) is 0 Å². The van der Waals surface area contributed by atoms with E-state index in [9.17, 15) is 0 Å². The Morgan fingerprint density at radius 2 is 1.09 bits per heavy atom. The average Bonchev–Trinajstić information content (AvgIpc) is 3.87. The van der Waals surface area contributed by atoms with Crippen LogP contribution in [0.1, 0.15) is 0 Å². The highest BCUT2D eigenvalue weighted by Gasteiger charge is 2.25. The molecule has 11 aromatic rings. The fourth-order valence-electron chi connectivity index (χ4n) is 7.80. The zero-order valence-corrected chi connectivity index (χ0v) is 30.7. The third kappa shape index (κ3) is 5.38. The van der Waals surface area contributed by atoms with Crippen molar-refractivity contribution < 1.29 is 4.42 Å². The smallest absolute Gasteiger partial charge is 0.143 e. The first-order chi connectivity index (χ1) is 27.8. The Morgan fingerprint density at radius 3 is 1.82 bits per heavy atom. The third-order valence-electron chi connectivity index (χ3n) is 10.4. The van der Waals surface area contributed by atoms with Crippen LogP contribution < -0.4 is 0 Å². The molecule has 5 nitrogen and oxygen atoms in total. The van der Waals surface area contributed by atoms with Crippen molar-refractivity contribution in [3.8, 4) is 66.7 Å². The first kappa shape index (κ1) is 32.2. The van der Waals surface area contributed by atoms with Gasteiger partial charge in [-0.1, -0.05) is 121 Å². The van der Waals surface area contributed by atoms with Gasteiger partial charge in [-0.3, -0.25) is 9.97 Å². The second-order valence-corrected chi connectivity index (χ2v) is 14.8. The van der Waals surface area contributed by atoms with Gasteiger partial charge in [0.15, 0.2) is 0 Å². The normalized spacial score (nSPS) is 11.6. The molecule has 0 saturated heterocycles. The number of furan rings is 1. The molecule has 6 heteroatoms. The summed E-state index contributed by atoms with van der Waals surface area (Å²) in [7, 11) is 0. The minimum absolute atomic E-state index is 0.798. The van der Waals surface area contributed by atoms with Crippen molar-refractivity contribution in [3.05, 3.63) is 182 Å². The molecule has 0 aliphatic rings. The molecular formula is C50H30N4OS. The lowest BCUT2D eigenvalue weighted by molar-refractivity contribution is 0.670. The van der Waals surface area contributed by atoms with Gasteiger partial charge in [-0.25, -0.2) is 9.97 Å². The summed E-state index contributed by atoms with van der Waals surface area (Å²) in [4.78, 5) is 20.8. The third-order valence-corrected chi connectivity index (χ3v) is 11.7. The molecule has 56 heavy (non-hydrogen) atoms. The van der Waals surface area contributed by atoms with Crippen LogP contribution in [0.25, 0.3) is 110 Å². The fraction of sp³-hybridized carbons (Fsp3) is 0. The van der Waals surface area contributed by atoms with Crippen LogP contribution in [0.2, 0.25) is 0 Å². The van der Waals surface area contributed by atoms with Crippen LogP contribution >= 0.6 is 11.3 Å². The molecule has 0 N–H and O–H groups in total. The van der Waals surface area contributed by atoms with Gasteiger partial charge in [0.1, 0.15) is 11.2 Å². The standard InChI is InChI=1S/C50H30N4OS/c1-2-13-32(14-3-1)47-46-45(38-18-12-17-36-35-15-5-7-22-44(35)55-48(36)38)49(56-50(46)37-16-4-6-19-39(37)54-47)33-25-23-31(24-26-33)34-29-42(40-20-8-10-27-51-40)53-43(30-34)41-21-9-11-28-52-41/h1-30H. The number of fused-ring (bicyclic) bond motifs is 6. The van der Waals surface area contributed by atoms with E-state index in [4.69, 9.17) is 14.4 Å². The summed E-state index contributed by atoms with van der Waals surface area (Å²) >= 11 is 1.82. The molecule has 11 rings (SSSR count). The molecule has 0 saturated carbocycles. The molecule has 0 amide bonds. The number of benzene rings is 5. The van der Waals surface area contributed by atoms with Crippen LogP contribution in [0, 0.1) is 0 Å². The first-order valence-electron chi connectivity index (χ1n) is 18.5. The SMILES string of the molecule is c1ccc(-c2nc3ccccc3c3sc(-c4ccc(-c5cc(-c6ccccn6)nc(-c6ccccn6)c5)cc4)c(-c4cccc5c4oc4ccccc45)c23)cc1. The molecule has 0 aliphatic carbocycles. The quantitative estimate of drug-likeness (QED) is 0.170. The van der Waals surface area contributed by atoms with E-state index in [2.05, 4.69) is 131 Å². The molecule has 0 atom stereocenters. The van der Waals surface area contributed by atoms with Gasteiger partial charge in [0, 0.05) is 60.2 Å². The van der Waals surface area contributed by atoms with Crippen LogP contribution in [-0.2, 0) is 0 Å². The van der Waals surface area contributed by atoms with E-state index in [1.165, 1.54) is 4.70 Å². The van der Waals surface area contributed by atoms with Gasteiger partial charge in [-0.05, 0) is 65.2 Å². The van der Waals surface area contributed by atoms with E-state index in [0.717, 1.165) is 105 Å². The van der Waals surface area contributed by atoms with Crippen molar-refractivity contribution in [2.75, 3.05) is 0 Å². The lowest BCUT2D eigenvalue weighted by Gasteiger charge is -2.12. The molecule has 5 aromatic carbocycles. The lowest BCUT2D eigenvalue weighted by Crippen LogP contribution is -1.94. The Hall–Kier alpha value is -7.28. The Balaban J connectivity index is 1.16. The van der Waals surface area contributed by atoms with E-state index in [0.29, 0.717) is 0 Å². The van der Waals surface area contributed by atoms with E-state index in [1.54, 1.807) is 12.4 Å². The second-order valence-electron chi connectivity index (χ2n) is 13.8. The summed E-state index contributed by atoms with van der Waals surface area (Å²) < 4.78 is 7.92. The molecule has 6 heterocycles. The molecule has 0 fully saturated rings. The van der Waals surface area contributed by atoms with Gasteiger partial charge in [-0.2, -0.15) is 0 Å². The fourth-order valence-corrected chi connectivity index (χ4v) is 9.15. The number of thiophene rings is 1. The van der Waals surface area contributed by atoms with Gasteiger partial charge < -0.3 is 4.42 Å². The number of rotatable bonds is 6. The van der Waals surface area contributed by atoms with Gasteiger partial charge in [-0.15, -0.1) is 11.3 Å². The topological polar surface area (TPSA) is 64.7 Å². The molecule has 6 aromatic heterocycles. The first-order valence-corrected chi connectivity index (χ1v) is 19.4. The maximum atomic E-state index is 6.72. The van der Waals surface area contributed by atoms with E-state index < -0.39 is 0 Å². The van der Waals surface area contributed by atoms with E-state index in [-0.39, 0.29) is 0 Å². The van der Waals surface area contributed by atoms with Gasteiger partial charge in [0.2, 0.25) is 0 Å². The minimum atomic E-state index is 0.798. The summed E-state index contributed by atoms with van der Waals surface area (Å²) in [6.07, 6.45) is 3.60. The molecule has 0 unspecified atom stereocenters. The van der Waals surface area contributed by atoms with Crippen molar-refractivity contribution in [1.29, 1.82) is 0 Å². The molecule has 0 spiro atoms. The summed E-state index contributed by atoms with van der Waals surface area (Å²) in [5.74, 6) is 0. The van der Waals surface area contributed by atoms with Gasteiger partial charge in [0.05, 0.1) is 34.0 Å². The number of nitrogens with zero attached hydrogens (tertiary/aromatic N) is 4. The molecule has 0 radical (unpaired) electrons. The lowest BCUT2D eigenvalue weighted by atomic mass is 9.93. The molecular weight excluding hydrogens is 705 g/mol. The minimum Gasteiger partial charge on any atom is -0.455 e. The predicted molar refractivity (Wildman–Crippen MR) is 230 cm³/mol. The van der Waals surface area contributed by atoms with Gasteiger partial charge in [0.25, 0.3) is 0 Å². The zero-order chi connectivity index (χ0) is 37.0. The number of pyridine rings is 4. The van der Waals surface area contributed by atoms with Crippen molar-refractivity contribution in [1.82, 2.24) is 19.9 Å². The van der Waals surface area contributed by atoms with Crippen molar-refractivity contribution in [3.63, 3.8) is 0 Å². The average molecular weight is 735 g/mol. The molecule has 0 aliphatic heterocycles. The van der Waals surface area contributed by atoms with Crippen LogP contribution in [0.5, 0.6) is 0 Å². The Morgan fingerprint density at radius 1 is 0.446 bits per heavy atom. The molecule has 262 valence electrons. The van der Waals surface area contributed by atoms with Crippen molar-refractivity contribution in [2.45, 2.75) is 0 Å². The predicted octanol–water partition coefficient (Wildman–Crippen LogP) is 13.5. The highest BCUT2D eigenvalue weighted by molar-refractivity contribution is 7.24. The van der Waals surface area contributed by atoms with E-state index in [1.807, 2.05) is 59.9 Å². The number of hydrogen-bond donors (Lipinski definition) is 0. The number of aromatic nitrogens is 4. The summed E-state index contributed by atoms with van der Waals surface area (Å²) in [6, 6.07) is 58.7. The number of para-hydroxylation sites is 3. The second kappa shape index (κ2) is 13.2. The summed E-state index contributed by atoms with van der Waals surface area (Å²) in [5.41, 5.74) is 13.4.